The first-order valence-electron chi connectivity index (χ1n) is 14.2. The minimum atomic E-state index is -0.566. The topological polar surface area (TPSA) is 123 Å². The normalized spacial score (nSPS) is 20.1. The van der Waals surface area contributed by atoms with E-state index in [1.165, 1.54) is 35.6 Å². The lowest BCUT2D eigenvalue weighted by Crippen LogP contribution is -2.50. The highest BCUT2D eigenvalue weighted by Crippen LogP contribution is 2.35. The fourth-order valence-electron chi connectivity index (χ4n) is 5.26. The van der Waals surface area contributed by atoms with Crippen LogP contribution in [-0.2, 0) is 0 Å². The molecule has 0 saturated heterocycles. The maximum atomic E-state index is 13.7. The standard InChI is InChI=1S/C30H40FN5O5/c1-19-16-36(20(2)18-37)28(38)24-10-7-11-25(34-29(39)32-22-8-5-4-6-9-22)27(24)41-26(19)17-35(3)30(40)33-23-14-12-21(31)13-15-23/h7,10-15,19-20,22,26,37H,4-6,8-9,16-18H2,1-3H3,(H,33,40)(H2,32,34,39)/t19-,20+,26+/m1/s1. The van der Waals surface area contributed by atoms with Crippen molar-refractivity contribution in [1.29, 1.82) is 0 Å². The molecule has 2 aromatic carbocycles. The molecule has 0 radical (unpaired) electrons. The van der Waals surface area contributed by atoms with Crippen LogP contribution in [0, 0.1) is 11.7 Å². The number of fused-ring (bicyclic) bond motifs is 1. The van der Waals surface area contributed by atoms with Gasteiger partial charge in [0.05, 0.1) is 30.4 Å². The number of urea groups is 2. The Kier molecular flexibility index (Phi) is 10.0. The Morgan fingerprint density at radius 1 is 1.12 bits per heavy atom. The quantitative estimate of drug-likeness (QED) is 0.386. The summed E-state index contributed by atoms with van der Waals surface area (Å²) in [5.74, 6) is -0.743. The van der Waals surface area contributed by atoms with Crippen molar-refractivity contribution < 1.29 is 28.6 Å². The number of aliphatic hydroxyl groups is 1. The Balaban J connectivity index is 1.58. The Labute approximate surface area is 240 Å². The fraction of sp³-hybridized carbons (Fsp3) is 0.500. The molecule has 1 fully saturated rings. The molecule has 1 aliphatic heterocycles. The molecule has 222 valence electrons. The van der Waals surface area contributed by atoms with Gasteiger partial charge in [-0.3, -0.25) is 4.79 Å². The number of ether oxygens (including phenoxy) is 1. The van der Waals surface area contributed by atoms with Crippen LogP contribution in [0.25, 0.3) is 0 Å². The Morgan fingerprint density at radius 3 is 2.51 bits per heavy atom. The number of halogens is 1. The zero-order chi connectivity index (χ0) is 29.5. The number of rotatable bonds is 7. The molecule has 1 heterocycles. The monoisotopic (exact) mass is 569 g/mol. The summed E-state index contributed by atoms with van der Waals surface area (Å²) in [6, 6.07) is 9.33. The number of nitrogens with zero attached hydrogens (tertiary/aromatic N) is 2. The average Bonchev–Trinajstić information content (AvgIpc) is 2.96. The smallest absolute Gasteiger partial charge is 0.321 e. The van der Waals surface area contributed by atoms with Crippen LogP contribution in [0.15, 0.2) is 42.5 Å². The third-order valence-electron chi connectivity index (χ3n) is 7.78. The molecule has 4 N–H and O–H groups in total. The van der Waals surface area contributed by atoms with Crippen molar-refractivity contribution in [2.45, 2.75) is 64.1 Å². The Morgan fingerprint density at radius 2 is 1.83 bits per heavy atom. The van der Waals surface area contributed by atoms with Gasteiger partial charge >= 0.3 is 12.1 Å². The van der Waals surface area contributed by atoms with Gasteiger partial charge in [-0.2, -0.15) is 0 Å². The van der Waals surface area contributed by atoms with Gasteiger partial charge in [-0.05, 0) is 56.2 Å². The van der Waals surface area contributed by atoms with Gasteiger partial charge in [-0.1, -0.05) is 32.3 Å². The molecular formula is C30H40FN5O5. The maximum Gasteiger partial charge on any atom is 0.321 e. The summed E-state index contributed by atoms with van der Waals surface area (Å²) in [5.41, 5.74) is 1.05. The first kappa shape index (κ1) is 30.1. The lowest BCUT2D eigenvalue weighted by Gasteiger charge is -2.38. The van der Waals surface area contributed by atoms with Gasteiger partial charge in [0.15, 0.2) is 5.75 Å². The van der Waals surface area contributed by atoms with Gasteiger partial charge in [-0.25, -0.2) is 14.0 Å². The van der Waals surface area contributed by atoms with Crippen molar-refractivity contribution >= 4 is 29.3 Å². The number of hydrogen-bond donors (Lipinski definition) is 4. The van der Waals surface area contributed by atoms with E-state index < -0.39 is 24.0 Å². The van der Waals surface area contributed by atoms with Crippen LogP contribution < -0.4 is 20.7 Å². The minimum Gasteiger partial charge on any atom is -0.485 e. The van der Waals surface area contributed by atoms with Crippen molar-refractivity contribution in [3.8, 4) is 5.75 Å². The van der Waals surface area contributed by atoms with Crippen LogP contribution in [0.3, 0.4) is 0 Å². The summed E-state index contributed by atoms with van der Waals surface area (Å²) >= 11 is 0. The summed E-state index contributed by atoms with van der Waals surface area (Å²) in [6.45, 7) is 3.91. The summed E-state index contributed by atoms with van der Waals surface area (Å²) in [6.07, 6.45) is 4.60. The van der Waals surface area contributed by atoms with Gasteiger partial charge in [0.25, 0.3) is 5.91 Å². The number of carbonyl (C=O) groups excluding carboxylic acids is 3. The SMILES string of the molecule is C[C@@H]1CN([C@@H](C)CO)C(=O)c2cccc(NC(=O)NC3CCCCC3)c2O[C@H]1CN(C)C(=O)Nc1ccc(F)cc1. The summed E-state index contributed by atoms with van der Waals surface area (Å²) in [7, 11) is 1.62. The van der Waals surface area contributed by atoms with Crippen LogP contribution >= 0.6 is 0 Å². The van der Waals surface area contributed by atoms with E-state index in [0.29, 0.717) is 11.4 Å². The average molecular weight is 570 g/mol. The number of anilines is 2. The van der Waals surface area contributed by atoms with Crippen LogP contribution in [-0.4, -0.2) is 77.8 Å². The lowest BCUT2D eigenvalue weighted by molar-refractivity contribution is 0.0373. The van der Waals surface area contributed by atoms with Crippen molar-refractivity contribution in [2.24, 2.45) is 5.92 Å². The molecule has 4 rings (SSSR count). The molecule has 0 bridgehead atoms. The Bertz CT molecular complexity index is 1220. The lowest BCUT2D eigenvalue weighted by atomic mass is 9.96. The largest absolute Gasteiger partial charge is 0.485 e. The van der Waals surface area contributed by atoms with Gasteiger partial charge in [-0.15, -0.1) is 0 Å². The zero-order valence-electron chi connectivity index (χ0n) is 23.9. The molecular weight excluding hydrogens is 529 g/mol. The van der Waals surface area contributed by atoms with E-state index in [1.807, 2.05) is 6.92 Å². The predicted molar refractivity (Wildman–Crippen MR) is 155 cm³/mol. The number of para-hydroxylation sites is 1. The number of nitrogens with one attached hydrogen (secondary N) is 3. The molecule has 0 spiro atoms. The minimum absolute atomic E-state index is 0.0961. The van der Waals surface area contributed by atoms with Crippen LogP contribution in [0.4, 0.5) is 25.4 Å². The van der Waals surface area contributed by atoms with E-state index in [-0.39, 0.29) is 54.9 Å². The van der Waals surface area contributed by atoms with Crippen LogP contribution in [0.5, 0.6) is 5.75 Å². The number of hydrogen-bond acceptors (Lipinski definition) is 5. The third-order valence-corrected chi connectivity index (χ3v) is 7.78. The molecule has 5 amide bonds. The highest BCUT2D eigenvalue weighted by Gasteiger charge is 2.35. The second kappa shape index (κ2) is 13.7. The molecule has 2 aromatic rings. The summed E-state index contributed by atoms with van der Waals surface area (Å²) in [5, 5.41) is 18.5. The van der Waals surface area contributed by atoms with Crippen molar-refractivity contribution in [1.82, 2.24) is 15.1 Å². The molecule has 41 heavy (non-hydrogen) atoms. The first-order valence-corrected chi connectivity index (χ1v) is 14.2. The molecule has 10 nitrogen and oxygen atoms in total. The summed E-state index contributed by atoms with van der Waals surface area (Å²) in [4.78, 5) is 42.6. The van der Waals surface area contributed by atoms with E-state index >= 15 is 0 Å². The molecule has 11 heteroatoms. The van der Waals surface area contributed by atoms with Crippen molar-refractivity contribution in [2.75, 3.05) is 37.4 Å². The molecule has 2 aliphatic rings. The number of likely N-dealkylation sites (N-methyl/N-ethyl adjacent to an activating group) is 1. The highest BCUT2D eigenvalue weighted by molar-refractivity contribution is 6.01. The predicted octanol–water partition coefficient (Wildman–Crippen LogP) is 4.66. The number of aliphatic hydroxyl groups excluding tert-OH is 1. The molecule has 0 unspecified atom stereocenters. The van der Waals surface area contributed by atoms with E-state index in [0.717, 1.165) is 25.7 Å². The maximum absolute atomic E-state index is 13.7. The summed E-state index contributed by atoms with van der Waals surface area (Å²) < 4.78 is 19.8. The van der Waals surface area contributed by atoms with E-state index in [4.69, 9.17) is 4.74 Å². The van der Waals surface area contributed by atoms with Gasteiger partial charge in [0.2, 0.25) is 0 Å². The first-order chi connectivity index (χ1) is 19.7. The number of benzene rings is 2. The molecule has 3 atom stereocenters. The third kappa shape index (κ3) is 7.66. The molecule has 1 aliphatic carbocycles. The second-order valence-electron chi connectivity index (χ2n) is 11.1. The van der Waals surface area contributed by atoms with Crippen molar-refractivity contribution in [3.05, 3.63) is 53.8 Å². The van der Waals surface area contributed by atoms with Gasteiger partial charge in [0, 0.05) is 31.2 Å². The van der Waals surface area contributed by atoms with E-state index in [1.54, 1.807) is 37.1 Å². The van der Waals surface area contributed by atoms with Crippen molar-refractivity contribution in [3.63, 3.8) is 0 Å². The van der Waals surface area contributed by atoms with E-state index in [2.05, 4.69) is 16.0 Å². The highest BCUT2D eigenvalue weighted by atomic mass is 19.1. The number of carbonyl (C=O) groups is 3. The van der Waals surface area contributed by atoms with Crippen LogP contribution in [0.2, 0.25) is 0 Å². The molecule has 1 saturated carbocycles. The number of amides is 5. The second-order valence-corrected chi connectivity index (χ2v) is 11.1. The van der Waals surface area contributed by atoms with Gasteiger partial charge < -0.3 is 35.6 Å². The zero-order valence-corrected chi connectivity index (χ0v) is 23.9. The fourth-order valence-corrected chi connectivity index (χ4v) is 5.26. The Hall–Kier alpha value is -3.86. The van der Waals surface area contributed by atoms with Gasteiger partial charge in [0.1, 0.15) is 11.9 Å². The molecule has 0 aromatic heterocycles. The van der Waals surface area contributed by atoms with E-state index in [9.17, 15) is 23.9 Å². The van der Waals surface area contributed by atoms with Crippen LogP contribution in [0.1, 0.15) is 56.3 Å².